The molecule has 0 heterocycles. The van der Waals surface area contributed by atoms with Crippen molar-refractivity contribution in [2.24, 2.45) is 10.9 Å². The van der Waals surface area contributed by atoms with Crippen LogP contribution in [-0.4, -0.2) is 20.5 Å². The van der Waals surface area contributed by atoms with E-state index >= 15 is 0 Å². The van der Waals surface area contributed by atoms with E-state index in [0.29, 0.717) is 6.42 Å². The van der Waals surface area contributed by atoms with Gasteiger partial charge in [0.05, 0.1) is 10.6 Å². The van der Waals surface area contributed by atoms with Crippen LogP contribution in [0, 0.1) is 5.82 Å². The molecule has 2 atom stereocenters. The Kier molecular flexibility index (Phi) is 4.66. The van der Waals surface area contributed by atoms with Gasteiger partial charge in [-0.1, -0.05) is 0 Å². The predicted molar refractivity (Wildman–Crippen MR) is 69.1 cm³/mol. The van der Waals surface area contributed by atoms with E-state index in [1.54, 1.807) is 0 Å². The summed E-state index contributed by atoms with van der Waals surface area (Å²) in [4.78, 5) is -0.245. The summed E-state index contributed by atoms with van der Waals surface area (Å²) >= 11 is 0. The smallest absolute Gasteiger partial charge is 0.238 e. The normalized spacial score (nSPS) is 15.2. The molecule has 0 radical (unpaired) electrons. The average molecular weight is 275 g/mol. The Morgan fingerprint density at radius 1 is 1.39 bits per heavy atom. The van der Waals surface area contributed by atoms with Crippen molar-refractivity contribution in [3.8, 4) is 0 Å². The minimum atomic E-state index is -3.88. The number of sulfonamides is 1. The van der Waals surface area contributed by atoms with Crippen LogP contribution in [0.15, 0.2) is 23.1 Å². The zero-order valence-corrected chi connectivity index (χ0v) is 11.2. The second-order valence-corrected chi connectivity index (χ2v) is 6.01. The van der Waals surface area contributed by atoms with Crippen molar-refractivity contribution in [3.05, 3.63) is 24.0 Å². The summed E-state index contributed by atoms with van der Waals surface area (Å²) in [6.07, 6.45) is 0.677. The first-order valence-corrected chi connectivity index (χ1v) is 7.09. The summed E-state index contributed by atoms with van der Waals surface area (Å²) in [7, 11) is -3.88. The fourth-order valence-electron chi connectivity index (χ4n) is 1.67. The molecule has 7 heteroatoms. The van der Waals surface area contributed by atoms with E-state index in [4.69, 9.17) is 10.9 Å². The zero-order chi connectivity index (χ0) is 13.9. The van der Waals surface area contributed by atoms with Gasteiger partial charge in [0.25, 0.3) is 0 Å². The topological polar surface area (TPSA) is 98.2 Å². The van der Waals surface area contributed by atoms with Crippen molar-refractivity contribution in [2.75, 3.05) is 5.32 Å². The van der Waals surface area contributed by atoms with Crippen molar-refractivity contribution in [1.82, 2.24) is 0 Å². The van der Waals surface area contributed by atoms with E-state index < -0.39 is 15.8 Å². The summed E-state index contributed by atoms with van der Waals surface area (Å²) in [6.45, 7) is 3.73. The monoisotopic (exact) mass is 275 g/mol. The second kappa shape index (κ2) is 5.64. The van der Waals surface area contributed by atoms with Crippen LogP contribution in [0.5, 0.6) is 0 Å². The predicted octanol–water partition coefficient (Wildman–Crippen LogP) is 1.01. The molecule has 0 bridgehead atoms. The molecule has 0 saturated carbocycles. The Morgan fingerprint density at radius 3 is 2.44 bits per heavy atom. The maximum atomic E-state index is 13.7. The van der Waals surface area contributed by atoms with Crippen LogP contribution in [0.25, 0.3) is 0 Å². The molecular formula is C11H18FN3O2S. The molecule has 5 N–H and O–H groups in total. The van der Waals surface area contributed by atoms with Crippen molar-refractivity contribution in [3.63, 3.8) is 0 Å². The molecule has 1 rings (SSSR count). The van der Waals surface area contributed by atoms with E-state index in [9.17, 15) is 12.8 Å². The Morgan fingerprint density at radius 2 is 2.00 bits per heavy atom. The van der Waals surface area contributed by atoms with Crippen molar-refractivity contribution in [2.45, 2.75) is 37.2 Å². The van der Waals surface area contributed by atoms with Crippen molar-refractivity contribution < 1.29 is 12.8 Å². The molecule has 0 fully saturated rings. The van der Waals surface area contributed by atoms with Crippen LogP contribution >= 0.6 is 0 Å². The first kappa shape index (κ1) is 14.9. The van der Waals surface area contributed by atoms with Gasteiger partial charge in [0, 0.05) is 12.1 Å². The first-order chi connectivity index (χ1) is 8.20. The largest absolute Gasteiger partial charge is 0.380 e. The molecule has 1 aromatic rings. The number of benzene rings is 1. The molecule has 0 aliphatic heterocycles. The fourth-order valence-corrected chi connectivity index (χ4v) is 2.20. The number of hydrogen-bond donors (Lipinski definition) is 3. The SMILES string of the molecule is CC(N)CC(C)Nc1ccc(S(N)(=O)=O)cc1F. The number of nitrogens with two attached hydrogens (primary N) is 2. The van der Waals surface area contributed by atoms with E-state index in [1.807, 2.05) is 13.8 Å². The highest BCUT2D eigenvalue weighted by molar-refractivity contribution is 7.89. The van der Waals surface area contributed by atoms with E-state index in [2.05, 4.69) is 5.32 Å². The summed E-state index contributed by atoms with van der Waals surface area (Å²) < 4.78 is 35.7. The van der Waals surface area contributed by atoms with Crippen molar-refractivity contribution >= 4 is 15.7 Å². The first-order valence-electron chi connectivity index (χ1n) is 5.54. The lowest BCUT2D eigenvalue weighted by atomic mass is 10.1. The standard InChI is InChI=1S/C11H18FN3O2S/c1-7(13)5-8(2)15-11-4-3-9(6-10(11)12)18(14,16)17/h3-4,6-8,15H,5,13H2,1-2H3,(H2,14,16,17). The third-order valence-electron chi connectivity index (χ3n) is 2.40. The molecule has 2 unspecified atom stereocenters. The van der Waals surface area contributed by atoms with Crippen LogP contribution in [0.2, 0.25) is 0 Å². The second-order valence-electron chi connectivity index (χ2n) is 4.45. The highest BCUT2D eigenvalue weighted by Crippen LogP contribution is 2.19. The molecule has 0 aromatic heterocycles. The number of halogens is 1. The van der Waals surface area contributed by atoms with Crippen LogP contribution in [0.3, 0.4) is 0 Å². The zero-order valence-electron chi connectivity index (χ0n) is 10.4. The Balaban J connectivity index is 2.87. The summed E-state index contributed by atoms with van der Waals surface area (Å²) in [6, 6.07) is 3.50. The number of primary sulfonamides is 1. The number of nitrogens with one attached hydrogen (secondary N) is 1. The van der Waals surface area contributed by atoms with E-state index in [0.717, 1.165) is 6.07 Å². The van der Waals surface area contributed by atoms with Gasteiger partial charge >= 0.3 is 0 Å². The minimum Gasteiger partial charge on any atom is -0.380 e. The fraction of sp³-hybridized carbons (Fsp3) is 0.455. The molecule has 102 valence electrons. The number of anilines is 1. The molecule has 0 aliphatic carbocycles. The molecule has 0 spiro atoms. The summed E-state index contributed by atoms with van der Waals surface area (Å²) in [5.74, 6) is -0.655. The third-order valence-corrected chi connectivity index (χ3v) is 3.31. The Hall–Kier alpha value is -1.18. The number of rotatable bonds is 5. The van der Waals surface area contributed by atoms with Gasteiger partial charge in [0.15, 0.2) is 0 Å². The number of hydrogen-bond acceptors (Lipinski definition) is 4. The quantitative estimate of drug-likeness (QED) is 0.747. The Bertz CT molecular complexity index is 517. The molecule has 5 nitrogen and oxygen atoms in total. The van der Waals surface area contributed by atoms with Crippen LogP contribution < -0.4 is 16.2 Å². The van der Waals surface area contributed by atoms with Gasteiger partial charge in [-0.25, -0.2) is 17.9 Å². The van der Waals surface area contributed by atoms with Gasteiger partial charge in [-0.3, -0.25) is 0 Å². The third kappa shape index (κ3) is 4.25. The molecule has 0 aliphatic rings. The summed E-state index contributed by atoms with van der Waals surface area (Å²) in [5.41, 5.74) is 5.87. The van der Waals surface area contributed by atoms with E-state index in [1.165, 1.54) is 12.1 Å². The van der Waals surface area contributed by atoms with Gasteiger partial charge in [-0.15, -0.1) is 0 Å². The van der Waals surface area contributed by atoms with Gasteiger partial charge in [-0.05, 0) is 38.5 Å². The van der Waals surface area contributed by atoms with Crippen LogP contribution in [0.4, 0.5) is 10.1 Å². The maximum Gasteiger partial charge on any atom is 0.238 e. The highest BCUT2D eigenvalue weighted by Gasteiger charge is 2.13. The minimum absolute atomic E-state index is 0.000691. The maximum absolute atomic E-state index is 13.7. The van der Waals surface area contributed by atoms with Gasteiger partial charge in [0.1, 0.15) is 5.82 Å². The molecule has 0 amide bonds. The van der Waals surface area contributed by atoms with Crippen molar-refractivity contribution in [1.29, 1.82) is 0 Å². The average Bonchev–Trinajstić information content (AvgIpc) is 2.18. The summed E-state index contributed by atoms with van der Waals surface area (Å²) in [5, 5.41) is 7.84. The molecule has 18 heavy (non-hydrogen) atoms. The lowest BCUT2D eigenvalue weighted by molar-refractivity contribution is 0.585. The molecule has 1 aromatic carbocycles. The van der Waals surface area contributed by atoms with Crippen LogP contribution in [-0.2, 0) is 10.0 Å². The highest BCUT2D eigenvalue weighted by atomic mass is 32.2. The lowest BCUT2D eigenvalue weighted by Crippen LogP contribution is -2.26. The Labute approximate surface area is 106 Å². The van der Waals surface area contributed by atoms with E-state index in [-0.39, 0.29) is 22.7 Å². The lowest BCUT2D eigenvalue weighted by Gasteiger charge is -2.17. The molecule has 0 saturated heterocycles. The van der Waals surface area contributed by atoms with Gasteiger partial charge in [0.2, 0.25) is 10.0 Å². The van der Waals surface area contributed by atoms with Gasteiger partial charge < -0.3 is 11.1 Å². The van der Waals surface area contributed by atoms with Gasteiger partial charge in [-0.2, -0.15) is 0 Å². The molecular weight excluding hydrogens is 257 g/mol. The van der Waals surface area contributed by atoms with Crippen LogP contribution in [0.1, 0.15) is 20.3 Å².